The summed E-state index contributed by atoms with van der Waals surface area (Å²) in [5.41, 5.74) is -0.355. The number of sulfone groups is 1. The Morgan fingerprint density at radius 1 is 1.27 bits per heavy atom. The summed E-state index contributed by atoms with van der Waals surface area (Å²) in [7, 11) is -3.16. The zero-order chi connectivity index (χ0) is 22.1. The van der Waals surface area contributed by atoms with Crippen LogP contribution in [0.15, 0.2) is 29.1 Å². The molecule has 1 aromatic heterocycles. The lowest BCUT2D eigenvalue weighted by molar-refractivity contribution is -0.141. The average molecular weight is 436 g/mol. The summed E-state index contributed by atoms with van der Waals surface area (Å²) in [5, 5.41) is 4.81. The summed E-state index contributed by atoms with van der Waals surface area (Å²) in [6.07, 6.45) is -0.751. The van der Waals surface area contributed by atoms with Crippen LogP contribution in [0.5, 0.6) is 0 Å². The summed E-state index contributed by atoms with van der Waals surface area (Å²) in [4.78, 5) is 39.6. The van der Waals surface area contributed by atoms with Gasteiger partial charge in [-0.2, -0.15) is 5.10 Å². The molecule has 2 heterocycles. The molecule has 1 amide bonds. The van der Waals surface area contributed by atoms with E-state index in [1.54, 1.807) is 38.1 Å². The van der Waals surface area contributed by atoms with Crippen LogP contribution in [0.1, 0.15) is 37.7 Å². The van der Waals surface area contributed by atoms with Crippen LogP contribution in [0.2, 0.25) is 0 Å². The zero-order valence-electron chi connectivity index (χ0n) is 17.2. The lowest BCUT2D eigenvalue weighted by atomic mass is 10.1. The van der Waals surface area contributed by atoms with E-state index in [1.807, 2.05) is 0 Å². The molecule has 30 heavy (non-hydrogen) atoms. The maximum absolute atomic E-state index is 12.9. The Morgan fingerprint density at radius 2 is 1.93 bits per heavy atom. The third-order valence-corrected chi connectivity index (χ3v) is 7.02. The van der Waals surface area contributed by atoms with Gasteiger partial charge in [0.2, 0.25) is 0 Å². The highest BCUT2D eigenvalue weighted by atomic mass is 32.2. The van der Waals surface area contributed by atoms with Crippen molar-refractivity contribution in [2.24, 2.45) is 0 Å². The maximum atomic E-state index is 12.9. The van der Waals surface area contributed by atoms with E-state index in [2.05, 4.69) is 5.10 Å². The maximum Gasteiger partial charge on any atom is 0.360 e. The molecule has 0 spiro atoms. The lowest BCUT2D eigenvalue weighted by Crippen LogP contribution is -2.46. The Hall–Kier alpha value is -2.75. The van der Waals surface area contributed by atoms with Gasteiger partial charge in [-0.25, -0.2) is 17.9 Å². The first-order valence-corrected chi connectivity index (χ1v) is 11.7. The Bertz CT molecular complexity index is 1140. The number of hydrogen-bond acceptors (Lipinski definition) is 7. The summed E-state index contributed by atoms with van der Waals surface area (Å²) in [6.45, 7) is 5.52. The van der Waals surface area contributed by atoms with Gasteiger partial charge in [0.1, 0.15) is 0 Å². The van der Waals surface area contributed by atoms with Gasteiger partial charge in [-0.05, 0) is 33.3 Å². The predicted octanol–water partition coefficient (Wildman–Crippen LogP) is 0.997. The molecule has 1 aromatic carbocycles. The number of rotatable bonds is 6. The van der Waals surface area contributed by atoms with Gasteiger partial charge in [0.25, 0.3) is 11.5 Å². The normalized spacial score (nSPS) is 18.8. The van der Waals surface area contributed by atoms with Gasteiger partial charge in [-0.3, -0.25) is 9.59 Å². The van der Waals surface area contributed by atoms with Crippen molar-refractivity contribution >= 4 is 32.5 Å². The highest BCUT2D eigenvalue weighted by Gasteiger charge is 2.36. The highest BCUT2D eigenvalue weighted by molar-refractivity contribution is 7.91. The third-order valence-electron chi connectivity index (χ3n) is 5.27. The van der Waals surface area contributed by atoms with E-state index in [9.17, 15) is 22.8 Å². The lowest BCUT2D eigenvalue weighted by Gasteiger charge is -2.29. The Labute approximate surface area is 174 Å². The number of ether oxygens (including phenoxy) is 1. The van der Waals surface area contributed by atoms with Crippen LogP contribution in [0.3, 0.4) is 0 Å². The van der Waals surface area contributed by atoms with Gasteiger partial charge < -0.3 is 9.64 Å². The number of nitrogens with zero attached hydrogens (tertiary/aromatic N) is 3. The summed E-state index contributed by atoms with van der Waals surface area (Å²) in [6, 6.07) is 6.17. The number of esters is 1. The second kappa shape index (κ2) is 8.55. The number of carbonyl (C=O) groups excluding carboxylic acids is 2. The van der Waals surface area contributed by atoms with Gasteiger partial charge in [-0.1, -0.05) is 18.2 Å². The van der Waals surface area contributed by atoms with Crippen molar-refractivity contribution in [3.8, 4) is 0 Å². The van der Waals surface area contributed by atoms with Crippen LogP contribution in [-0.2, 0) is 25.9 Å². The number of carbonyl (C=O) groups is 2. The van der Waals surface area contributed by atoms with Gasteiger partial charge in [0, 0.05) is 24.5 Å². The first-order valence-electron chi connectivity index (χ1n) is 9.90. The number of aryl methyl sites for hydroxylation is 1. The molecule has 0 aliphatic carbocycles. The quantitative estimate of drug-likeness (QED) is 0.622. The van der Waals surface area contributed by atoms with E-state index in [0.29, 0.717) is 23.7 Å². The first-order chi connectivity index (χ1) is 14.2. The average Bonchev–Trinajstić information content (AvgIpc) is 3.08. The number of aromatic nitrogens is 2. The SMILES string of the molecule is CCN(C(=O)[C@@H](C)OC(=O)c1nn(CC)c(=O)c2ccccc12)[C@H]1CCS(=O)(=O)C1. The minimum atomic E-state index is -3.16. The van der Waals surface area contributed by atoms with Crippen LogP contribution in [0.25, 0.3) is 10.8 Å². The molecular formula is C20H25N3O6S. The van der Waals surface area contributed by atoms with Crippen LogP contribution in [0, 0.1) is 0 Å². The van der Waals surface area contributed by atoms with E-state index in [0.717, 1.165) is 0 Å². The Balaban J connectivity index is 1.84. The van der Waals surface area contributed by atoms with E-state index < -0.39 is 33.9 Å². The number of likely N-dealkylation sites (N-methyl/N-ethyl adjacent to an activating group) is 1. The molecule has 1 saturated heterocycles. The molecule has 3 rings (SSSR count). The van der Waals surface area contributed by atoms with E-state index in [1.165, 1.54) is 16.5 Å². The topological polar surface area (TPSA) is 116 Å². The van der Waals surface area contributed by atoms with Crippen molar-refractivity contribution in [1.82, 2.24) is 14.7 Å². The van der Waals surface area contributed by atoms with E-state index in [4.69, 9.17) is 4.74 Å². The minimum Gasteiger partial charge on any atom is -0.448 e. The molecule has 0 N–H and O–H groups in total. The largest absolute Gasteiger partial charge is 0.448 e. The van der Waals surface area contributed by atoms with Crippen molar-refractivity contribution in [2.75, 3.05) is 18.1 Å². The van der Waals surface area contributed by atoms with Gasteiger partial charge in [0.15, 0.2) is 21.6 Å². The summed E-state index contributed by atoms with van der Waals surface area (Å²) >= 11 is 0. The Kier molecular flexibility index (Phi) is 6.25. The summed E-state index contributed by atoms with van der Waals surface area (Å²) in [5.74, 6) is -1.31. The van der Waals surface area contributed by atoms with Crippen molar-refractivity contribution < 1.29 is 22.7 Å². The predicted molar refractivity (Wildman–Crippen MR) is 111 cm³/mol. The number of benzene rings is 1. The number of fused-ring (bicyclic) bond motifs is 1. The van der Waals surface area contributed by atoms with Crippen molar-refractivity contribution in [3.05, 3.63) is 40.3 Å². The Morgan fingerprint density at radius 3 is 2.50 bits per heavy atom. The highest BCUT2D eigenvalue weighted by Crippen LogP contribution is 2.20. The summed E-state index contributed by atoms with van der Waals surface area (Å²) < 4.78 is 30.1. The van der Waals surface area contributed by atoms with Crippen LogP contribution in [-0.4, -0.2) is 65.2 Å². The van der Waals surface area contributed by atoms with Gasteiger partial charge >= 0.3 is 5.97 Å². The molecule has 2 atom stereocenters. The van der Waals surface area contributed by atoms with Gasteiger partial charge in [-0.15, -0.1) is 0 Å². The molecule has 0 radical (unpaired) electrons. The zero-order valence-corrected chi connectivity index (χ0v) is 18.0. The molecule has 162 valence electrons. The molecule has 0 saturated carbocycles. The minimum absolute atomic E-state index is 0.0433. The molecule has 1 aliphatic heterocycles. The molecule has 10 heteroatoms. The fourth-order valence-electron chi connectivity index (χ4n) is 3.72. The first kappa shape index (κ1) is 21.9. The fourth-order valence-corrected chi connectivity index (χ4v) is 5.45. The molecule has 0 bridgehead atoms. The van der Waals surface area contributed by atoms with Crippen molar-refractivity contribution in [1.29, 1.82) is 0 Å². The van der Waals surface area contributed by atoms with Crippen molar-refractivity contribution in [3.63, 3.8) is 0 Å². The van der Waals surface area contributed by atoms with Gasteiger partial charge in [0.05, 0.1) is 16.9 Å². The molecule has 1 aliphatic rings. The smallest absolute Gasteiger partial charge is 0.360 e. The fraction of sp³-hybridized carbons (Fsp3) is 0.500. The second-order valence-electron chi connectivity index (χ2n) is 7.24. The van der Waals surface area contributed by atoms with Crippen LogP contribution >= 0.6 is 0 Å². The van der Waals surface area contributed by atoms with E-state index >= 15 is 0 Å². The van der Waals surface area contributed by atoms with Crippen molar-refractivity contribution in [2.45, 2.75) is 45.9 Å². The second-order valence-corrected chi connectivity index (χ2v) is 9.47. The number of hydrogen-bond donors (Lipinski definition) is 0. The molecule has 1 fully saturated rings. The standard InChI is InChI=1S/C20H25N3O6S/c1-4-22(14-10-11-30(27,28)12-14)18(24)13(3)29-20(26)17-15-8-6-7-9-16(15)19(25)23(5-2)21-17/h6-9,13-14H,4-5,10-12H2,1-3H3/t13-,14+/m1/s1. The molecule has 2 aromatic rings. The van der Waals surface area contributed by atoms with E-state index in [-0.39, 0.29) is 29.3 Å². The van der Waals surface area contributed by atoms with Crippen LogP contribution < -0.4 is 5.56 Å². The monoisotopic (exact) mass is 435 g/mol. The third kappa shape index (κ3) is 4.23. The molecule has 0 unspecified atom stereocenters. The molecular weight excluding hydrogens is 410 g/mol. The van der Waals surface area contributed by atoms with Crippen LogP contribution in [0.4, 0.5) is 0 Å². The molecule has 9 nitrogen and oxygen atoms in total. The number of amides is 1.